The predicted octanol–water partition coefficient (Wildman–Crippen LogP) is 3.07. The van der Waals surface area contributed by atoms with Gasteiger partial charge in [-0.3, -0.25) is 9.69 Å². The highest BCUT2D eigenvalue weighted by Crippen LogP contribution is 2.39. The van der Waals surface area contributed by atoms with Crippen LogP contribution in [0.25, 0.3) is 10.9 Å². The smallest absolute Gasteiger partial charge is 0.248 e. The van der Waals surface area contributed by atoms with Crippen LogP contribution in [-0.4, -0.2) is 79.1 Å². The molecule has 8 heteroatoms. The normalized spacial score (nSPS) is 16.8. The quantitative estimate of drug-likeness (QED) is 0.569. The lowest BCUT2D eigenvalue weighted by molar-refractivity contribution is -0.111. The first-order valence-electron chi connectivity index (χ1n) is 11.7. The topological polar surface area (TPSA) is 73.8 Å². The molecule has 8 nitrogen and oxygen atoms in total. The lowest BCUT2D eigenvalue weighted by Gasteiger charge is -2.31. The van der Waals surface area contributed by atoms with Crippen LogP contribution in [0.4, 0.5) is 17.2 Å². The SMILES string of the molecule is COc1cc2ncnc(N3CCc4ccccc43)c2cc1NC(=O)/C=C/CN1CCN(C)CC1. The molecule has 1 aromatic heterocycles. The van der Waals surface area contributed by atoms with Crippen molar-refractivity contribution in [3.8, 4) is 5.75 Å². The number of para-hydroxylation sites is 1. The first-order chi connectivity index (χ1) is 16.6. The number of aromatic nitrogens is 2. The van der Waals surface area contributed by atoms with Gasteiger partial charge in [0.15, 0.2) is 0 Å². The number of amides is 1. The zero-order valence-electron chi connectivity index (χ0n) is 19.7. The zero-order valence-corrected chi connectivity index (χ0v) is 19.7. The van der Waals surface area contributed by atoms with E-state index in [0.29, 0.717) is 11.4 Å². The number of rotatable bonds is 6. The maximum atomic E-state index is 12.7. The molecular weight excluding hydrogens is 428 g/mol. The number of fused-ring (bicyclic) bond motifs is 2. The van der Waals surface area contributed by atoms with Crippen LogP contribution < -0.4 is 15.0 Å². The molecular formula is C26H30N6O2. The first-order valence-corrected chi connectivity index (χ1v) is 11.7. The van der Waals surface area contributed by atoms with Crippen LogP contribution in [0.15, 0.2) is 54.9 Å². The summed E-state index contributed by atoms with van der Waals surface area (Å²) in [6.45, 7) is 5.77. The second-order valence-electron chi connectivity index (χ2n) is 8.79. The first kappa shape index (κ1) is 22.3. The molecule has 0 spiro atoms. The van der Waals surface area contributed by atoms with Gasteiger partial charge < -0.3 is 19.9 Å². The van der Waals surface area contributed by atoms with Gasteiger partial charge in [-0.1, -0.05) is 24.3 Å². The van der Waals surface area contributed by atoms with Crippen LogP contribution in [0.1, 0.15) is 5.56 Å². The van der Waals surface area contributed by atoms with Crippen molar-refractivity contribution < 1.29 is 9.53 Å². The van der Waals surface area contributed by atoms with E-state index in [1.54, 1.807) is 19.5 Å². The molecule has 0 aliphatic carbocycles. The molecule has 176 valence electrons. The van der Waals surface area contributed by atoms with E-state index in [1.165, 1.54) is 5.56 Å². The number of ether oxygens (including phenoxy) is 1. The Morgan fingerprint density at radius 3 is 2.76 bits per heavy atom. The number of hydrogen-bond acceptors (Lipinski definition) is 7. The third-order valence-corrected chi connectivity index (χ3v) is 6.56. The number of anilines is 3. The van der Waals surface area contributed by atoms with Crippen molar-refractivity contribution in [1.82, 2.24) is 19.8 Å². The van der Waals surface area contributed by atoms with Gasteiger partial charge in [0.25, 0.3) is 0 Å². The van der Waals surface area contributed by atoms with Gasteiger partial charge in [-0.05, 0) is 31.2 Å². The number of benzene rings is 2. The fourth-order valence-corrected chi connectivity index (χ4v) is 4.62. The fraction of sp³-hybridized carbons (Fsp3) is 0.346. The summed E-state index contributed by atoms with van der Waals surface area (Å²) in [5.74, 6) is 1.22. The fourth-order valence-electron chi connectivity index (χ4n) is 4.62. The highest BCUT2D eigenvalue weighted by molar-refractivity contribution is 6.03. The highest BCUT2D eigenvalue weighted by Gasteiger charge is 2.23. The van der Waals surface area contributed by atoms with Gasteiger partial charge in [0.2, 0.25) is 5.91 Å². The number of carbonyl (C=O) groups is 1. The number of hydrogen-bond donors (Lipinski definition) is 1. The second kappa shape index (κ2) is 9.79. The Kier molecular flexibility index (Phi) is 6.42. The van der Waals surface area contributed by atoms with E-state index in [4.69, 9.17) is 4.74 Å². The molecule has 1 fully saturated rings. The number of nitrogens with zero attached hydrogens (tertiary/aromatic N) is 5. The molecule has 3 aromatic rings. The van der Waals surface area contributed by atoms with E-state index < -0.39 is 0 Å². The van der Waals surface area contributed by atoms with Crippen molar-refractivity contribution in [3.63, 3.8) is 0 Å². The van der Waals surface area contributed by atoms with Crippen LogP contribution in [0.2, 0.25) is 0 Å². The summed E-state index contributed by atoms with van der Waals surface area (Å²) in [5.41, 5.74) is 3.85. The number of nitrogens with one attached hydrogen (secondary N) is 1. The molecule has 1 N–H and O–H groups in total. The van der Waals surface area contributed by atoms with Gasteiger partial charge in [0, 0.05) is 62.5 Å². The molecule has 0 radical (unpaired) electrons. The monoisotopic (exact) mass is 458 g/mol. The summed E-state index contributed by atoms with van der Waals surface area (Å²) in [7, 11) is 3.73. The Labute approximate surface area is 199 Å². The van der Waals surface area contributed by atoms with Crippen LogP contribution in [0.5, 0.6) is 5.75 Å². The molecule has 2 aliphatic heterocycles. The molecule has 1 amide bonds. The summed E-state index contributed by atoms with van der Waals surface area (Å²) in [5, 5.41) is 3.86. The van der Waals surface area contributed by atoms with Gasteiger partial charge in [0.05, 0.1) is 18.3 Å². The molecule has 0 unspecified atom stereocenters. The van der Waals surface area contributed by atoms with Gasteiger partial charge >= 0.3 is 0 Å². The van der Waals surface area contributed by atoms with Crippen molar-refractivity contribution in [2.24, 2.45) is 0 Å². The summed E-state index contributed by atoms with van der Waals surface area (Å²) in [6, 6.07) is 12.2. The van der Waals surface area contributed by atoms with Crippen molar-refractivity contribution in [2.45, 2.75) is 6.42 Å². The van der Waals surface area contributed by atoms with Gasteiger partial charge in [-0.15, -0.1) is 0 Å². The third-order valence-electron chi connectivity index (χ3n) is 6.56. The summed E-state index contributed by atoms with van der Waals surface area (Å²) in [4.78, 5) is 28.6. The van der Waals surface area contributed by atoms with Crippen LogP contribution in [0, 0.1) is 0 Å². The third kappa shape index (κ3) is 4.60. The van der Waals surface area contributed by atoms with Crippen molar-refractivity contribution in [1.29, 1.82) is 0 Å². The Morgan fingerprint density at radius 1 is 1.12 bits per heavy atom. The van der Waals surface area contributed by atoms with Crippen molar-refractivity contribution in [2.75, 3.05) is 63.6 Å². The summed E-state index contributed by atoms with van der Waals surface area (Å²) in [6.07, 6.45) is 6.07. The Bertz CT molecular complexity index is 1220. The number of methoxy groups -OCH3 is 1. The molecule has 2 aliphatic rings. The number of carbonyl (C=O) groups excluding carboxylic acids is 1. The van der Waals surface area contributed by atoms with E-state index in [1.807, 2.05) is 24.3 Å². The molecule has 5 rings (SSSR count). The van der Waals surface area contributed by atoms with Crippen LogP contribution in [-0.2, 0) is 11.2 Å². The summed E-state index contributed by atoms with van der Waals surface area (Å²) < 4.78 is 5.56. The highest BCUT2D eigenvalue weighted by atomic mass is 16.5. The average molecular weight is 459 g/mol. The lowest BCUT2D eigenvalue weighted by atomic mass is 10.1. The molecule has 3 heterocycles. The van der Waals surface area contributed by atoms with Crippen LogP contribution >= 0.6 is 0 Å². The molecule has 2 aromatic carbocycles. The minimum atomic E-state index is -0.184. The standard InChI is InChI=1S/C26H30N6O2/c1-30-12-14-31(15-13-30)10-5-8-25(33)29-22-16-20-21(17-24(22)34-2)27-18-28-26(20)32-11-9-19-6-3-4-7-23(19)32/h3-8,16-18H,9-15H2,1-2H3,(H,29,33)/b8-5+. The van der Waals surface area contributed by atoms with E-state index >= 15 is 0 Å². The zero-order chi connectivity index (χ0) is 23.5. The molecule has 0 saturated carbocycles. The minimum Gasteiger partial charge on any atom is -0.494 e. The predicted molar refractivity (Wildman–Crippen MR) is 135 cm³/mol. The van der Waals surface area contributed by atoms with E-state index in [2.05, 4.69) is 55.2 Å². The average Bonchev–Trinajstić information content (AvgIpc) is 3.28. The van der Waals surface area contributed by atoms with Gasteiger partial charge in [-0.25, -0.2) is 9.97 Å². The lowest BCUT2D eigenvalue weighted by Crippen LogP contribution is -2.44. The summed E-state index contributed by atoms with van der Waals surface area (Å²) >= 11 is 0. The Hall–Kier alpha value is -3.49. The largest absolute Gasteiger partial charge is 0.494 e. The molecule has 0 atom stereocenters. The van der Waals surface area contributed by atoms with Crippen molar-refractivity contribution in [3.05, 3.63) is 60.4 Å². The number of likely N-dealkylation sites (N-methyl/N-ethyl adjacent to an activating group) is 1. The Morgan fingerprint density at radius 2 is 1.94 bits per heavy atom. The maximum Gasteiger partial charge on any atom is 0.248 e. The van der Waals surface area contributed by atoms with Crippen molar-refractivity contribution >= 4 is 34.0 Å². The second-order valence-corrected chi connectivity index (χ2v) is 8.79. The van der Waals surface area contributed by atoms with Gasteiger partial charge in [0.1, 0.15) is 17.9 Å². The molecule has 34 heavy (non-hydrogen) atoms. The van der Waals surface area contributed by atoms with E-state index in [9.17, 15) is 4.79 Å². The maximum absolute atomic E-state index is 12.7. The minimum absolute atomic E-state index is 0.184. The Balaban J connectivity index is 1.37. The van der Waals surface area contributed by atoms with Gasteiger partial charge in [-0.2, -0.15) is 0 Å². The molecule has 0 bridgehead atoms. The van der Waals surface area contributed by atoms with E-state index in [-0.39, 0.29) is 5.91 Å². The molecule has 1 saturated heterocycles. The number of piperazine rings is 1. The van der Waals surface area contributed by atoms with E-state index in [0.717, 1.165) is 68.1 Å². The van der Waals surface area contributed by atoms with Crippen LogP contribution in [0.3, 0.4) is 0 Å².